The van der Waals surface area contributed by atoms with Gasteiger partial charge in [0.25, 0.3) is 0 Å². The van der Waals surface area contributed by atoms with Crippen molar-refractivity contribution in [2.75, 3.05) is 0 Å². The molecule has 3 heteroatoms. The molecule has 1 aromatic rings. The van der Waals surface area contributed by atoms with Crippen LogP contribution in [0.5, 0.6) is 0 Å². The number of hydrogen-bond acceptors (Lipinski definition) is 3. The van der Waals surface area contributed by atoms with Crippen LogP contribution < -0.4 is 0 Å². The lowest BCUT2D eigenvalue weighted by Crippen LogP contribution is -2.47. The van der Waals surface area contributed by atoms with Crippen LogP contribution in [-0.2, 0) is 6.42 Å². The summed E-state index contributed by atoms with van der Waals surface area (Å²) < 4.78 is 0. The Labute approximate surface area is 108 Å². The van der Waals surface area contributed by atoms with Crippen molar-refractivity contribution in [3.05, 3.63) is 16.6 Å². The van der Waals surface area contributed by atoms with Gasteiger partial charge in [-0.25, -0.2) is 4.98 Å². The van der Waals surface area contributed by atoms with E-state index in [2.05, 4.69) is 25.8 Å². The van der Waals surface area contributed by atoms with Crippen LogP contribution in [0.15, 0.2) is 11.6 Å². The first kappa shape index (κ1) is 13.0. The van der Waals surface area contributed by atoms with Crippen LogP contribution in [0.25, 0.3) is 0 Å². The van der Waals surface area contributed by atoms with Crippen LogP contribution in [0.3, 0.4) is 0 Å². The van der Waals surface area contributed by atoms with Gasteiger partial charge in [0.1, 0.15) is 0 Å². The molecule has 0 radical (unpaired) electrons. The molecule has 1 N–H and O–H groups in total. The number of aliphatic hydroxyl groups is 1. The standard InChI is InChI=1S/C14H23NOS/c1-10(2)12-5-4-11(3)8-14(12,16)9-13-15-6-7-17-13/h6-7,10-12,16H,4-5,8-9H2,1-3H3. The highest BCUT2D eigenvalue weighted by atomic mass is 32.1. The molecule has 1 heterocycles. The van der Waals surface area contributed by atoms with Gasteiger partial charge in [0.15, 0.2) is 0 Å². The predicted octanol–water partition coefficient (Wildman–Crippen LogP) is 3.51. The molecule has 0 bridgehead atoms. The second-order valence-corrected chi connectivity index (χ2v) is 6.92. The highest BCUT2D eigenvalue weighted by Gasteiger charge is 2.43. The summed E-state index contributed by atoms with van der Waals surface area (Å²) in [5.74, 6) is 1.60. The maximum Gasteiger partial charge on any atom is 0.0953 e. The van der Waals surface area contributed by atoms with Gasteiger partial charge in [-0.15, -0.1) is 11.3 Å². The molecule has 96 valence electrons. The van der Waals surface area contributed by atoms with Crippen molar-refractivity contribution in [1.82, 2.24) is 4.98 Å². The van der Waals surface area contributed by atoms with Crippen LogP contribution in [0.1, 0.15) is 45.0 Å². The number of rotatable bonds is 3. The maximum absolute atomic E-state index is 11.0. The monoisotopic (exact) mass is 253 g/mol. The lowest BCUT2D eigenvalue weighted by atomic mass is 9.66. The Bertz CT molecular complexity index is 349. The molecule has 0 spiro atoms. The molecule has 3 atom stereocenters. The number of nitrogens with zero attached hydrogens (tertiary/aromatic N) is 1. The van der Waals surface area contributed by atoms with Crippen LogP contribution in [-0.4, -0.2) is 15.7 Å². The van der Waals surface area contributed by atoms with Gasteiger partial charge in [0.2, 0.25) is 0 Å². The largest absolute Gasteiger partial charge is 0.389 e. The van der Waals surface area contributed by atoms with Crippen molar-refractivity contribution >= 4 is 11.3 Å². The summed E-state index contributed by atoms with van der Waals surface area (Å²) in [6.07, 6.45) is 5.90. The minimum atomic E-state index is -0.538. The summed E-state index contributed by atoms with van der Waals surface area (Å²) in [6.45, 7) is 6.71. The highest BCUT2D eigenvalue weighted by molar-refractivity contribution is 7.09. The summed E-state index contributed by atoms with van der Waals surface area (Å²) in [4.78, 5) is 4.33. The molecule has 17 heavy (non-hydrogen) atoms. The Morgan fingerprint density at radius 3 is 2.88 bits per heavy atom. The molecule has 2 nitrogen and oxygen atoms in total. The average molecular weight is 253 g/mol. The molecule has 1 aliphatic rings. The average Bonchev–Trinajstić information content (AvgIpc) is 2.68. The first-order chi connectivity index (χ1) is 8.01. The molecule has 1 saturated carbocycles. The molecule has 0 aliphatic heterocycles. The minimum Gasteiger partial charge on any atom is -0.389 e. The fraction of sp³-hybridized carbons (Fsp3) is 0.786. The summed E-state index contributed by atoms with van der Waals surface area (Å²) in [7, 11) is 0. The van der Waals surface area contributed by atoms with E-state index in [0.29, 0.717) is 17.8 Å². The van der Waals surface area contributed by atoms with Crippen LogP contribution in [0, 0.1) is 17.8 Å². The molecule has 2 rings (SSSR count). The molecule has 0 saturated heterocycles. The molecule has 0 aromatic carbocycles. The normalized spacial score (nSPS) is 34.2. The summed E-state index contributed by atoms with van der Waals surface area (Å²) >= 11 is 1.66. The Hall–Kier alpha value is -0.410. The van der Waals surface area contributed by atoms with Gasteiger partial charge in [-0.1, -0.05) is 27.2 Å². The Balaban J connectivity index is 2.16. The van der Waals surface area contributed by atoms with Gasteiger partial charge >= 0.3 is 0 Å². The van der Waals surface area contributed by atoms with Crippen molar-refractivity contribution in [3.8, 4) is 0 Å². The van der Waals surface area contributed by atoms with Crippen molar-refractivity contribution < 1.29 is 5.11 Å². The van der Waals surface area contributed by atoms with Crippen molar-refractivity contribution in [2.24, 2.45) is 17.8 Å². The third-order valence-corrected chi connectivity index (χ3v) is 4.89. The number of aromatic nitrogens is 1. The maximum atomic E-state index is 11.0. The fourth-order valence-electron chi connectivity index (χ4n) is 3.35. The second kappa shape index (κ2) is 5.07. The molecule has 1 fully saturated rings. The molecular formula is C14H23NOS. The van der Waals surface area contributed by atoms with Crippen LogP contribution in [0.2, 0.25) is 0 Å². The zero-order chi connectivity index (χ0) is 12.5. The lowest BCUT2D eigenvalue weighted by molar-refractivity contribution is -0.0795. The Morgan fingerprint density at radius 2 is 2.29 bits per heavy atom. The molecule has 0 amide bonds. The van der Waals surface area contributed by atoms with E-state index in [1.807, 2.05) is 11.6 Å². The van der Waals surface area contributed by atoms with Crippen LogP contribution in [0.4, 0.5) is 0 Å². The fourth-order valence-corrected chi connectivity index (χ4v) is 4.08. The van der Waals surface area contributed by atoms with Gasteiger partial charge in [0, 0.05) is 18.0 Å². The van der Waals surface area contributed by atoms with Gasteiger partial charge in [0.05, 0.1) is 10.6 Å². The van der Waals surface area contributed by atoms with Gasteiger partial charge < -0.3 is 5.11 Å². The summed E-state index contributed by atoms with van der Waals surface area (Å²) in [5, 5.41) is 14.1. The Kier molecular flexibility index (Phi) is 3.88. The topological polar surface area (TPSA) is 33.1 Å². The van der Waals surface area contributed by atoms with Gasteiger partial charge in [-0.05, 0) is 30.6 Å². The molecular weight excluding hydrogens is 230 g/mol. The summed E-state index contributed by atoms with van der Waals surface area (Å²) in [5.41, 5.74) is -0.538. The van der Waals surface area contributed by atoms with E-state index in [1.165, 1.54) is 6.42 Å². The third kappa shape index (κ3) is 2.89. The van der Waals surface area contributed by atoms with E-state index in [9.17, 15) is 5.11 Å². The van der Waals surface area contributed by atoms with Crippen LogP contribution >= 0.6 is 11.3 Å². The van der Waals surface area contributed by atoms with E-state index >= 15 is 0 Å². The first-order valence-electron chi connectivity index (χ1n) is 6.62. The minimum absolute atomic E-state index is 0.419. The van der Waals surface area contributed by atoms with E-state index < -0.39 is 5.60 Å². The first-order valence-corrected chi connectivity index (χ1v) is 7.50. The highest BCUT2D eigenvalue weighted by Crippen LogP contribution is 2.42. The third-order valence-electron chi connectivity index (χ3n) is 4.11. The smallest absolute Gasteiger partial charge is 0.0953 e. The molecule has 3 unspecified atom stereocenters. The quantitative estimate of drug-likeness (QED) is 0.894. The van der Waals surface area contributed by atoms with Crippen molar-refractivity contribution in [3.63, 3.8) is 0 Å². The van der Waals surface area contributed by atoms with Crippen molar-refractivity contribution in [2.45, 2.75) is 52.1 Å². The van der Waals surface area contributed by atoms with Gasteiger partial charge in [-0.2, -0.15) is 0 Å². The lowest BCUT2D eigenvalue weighted by Gasteiger charge is -2.44. The SMILES string of the molecule is CC1CCC(C(C)C)C(O)(Cc2nccs2)C1. The van der Waals surface area contributed by atoms with E-state index in [4.69, 9.17) is 0 Å². The molecule has 1 aliphatic carbocycles. The van der Waals surface area contributed by atoms with Gasteiger partial charge in [-0.3, -0.25) is 0 Å². The number of hydrogen-bond donors (Lipinski definition) is 1. The summed E-state index contributed by atoms with van der Waals surface area (Å²) in [6, 6.07) is 0. The Morgan fingerprint density at radius 1 is 1.53 bits per heavy atom. The molecule has 1 aromatic heterocycles. The zero-order valence-corrected chi connectivity index (χ0v) is 11.8. The van der Waals surface area contributed by atoms with E-state index in [0.717, 1.165) is 24.3 Å². The van der Waals surface area contributed by atoms with E-state index in [-0.39, 0.29) is 0 Å². The van der Waals surface area contributed by atoms with Crippen molar-refractivity contribution in [1.29, 1.82) is 0 Å². The van der Waals surface area contributed by atoms with E-state index in [1.54, 1.807) is 11.3 Å². The second-order valence-electron chi connectivity index (χ2n) is 5.94. The zero-order valence-electron chi connectivity index (χ0n) is 11.0. The number of thiazole rings is 1. The predicted molar refractivity (Wildman–Crippen MR) is 72.1 cm³/mol.